The van der Waals surface area contributed by atoms with Crippen LogP contribution in [0.25, 0.3) is 0 Å². The number of benzene rings is 1. The standard InChI is InChI=1S/C12H19N3O4S/c1-12(2,11(14)16)7-15-20(17,18)8-4-5-10(19-3)9(13)6-8/h4-6,15H,7,13H2,1-3H3,(H2,14,16). The largest absolute Gasteiger partial charge is 0.495 e. The van der Waals surface area contributed by atoms with Gasteiger partial charge < -0.3 is 16.2 Å². The van der Waals surface area contributed by atoms with E-state index < -0.39 is 21.3 Å². The molecule has 0 spiro atoms. The maximum Gasteiger partial charge on any atom is 0.240 e. The Morgan fingerprint density at radius 2 is 2.00 bits per heavy atom. The van der Waals surface area contributed by atoms with Crippen molar-refractivity contribution < 1.29 is 17.9 Å². The summed E-state index contributed by atoms with van der Waals surface area (Å²) >= 11 is 0. The maximum atomic E-state index is 12.1. The van der Waals surface area contributed by atoms with Crippen LogP contribution in [0, 0.1) is 5.41 Å². The third-order valence-electron chi connectivity index (χ3n) is 2.88. The number of carbonyl (C=O) groups excluding carboxylic acids is 1. The number of methoxy groups -OCH3 is 1. The number of nitrogens with two attached hydrogens (primary N) is 2. The highest BCUT2D eigenvalue weighted by Gasteiger charge is 2.27. The first-order chi connectivity index (χ1) is 9.10. The van der Waals surface area contributed by atoms with Crippen LogP contribution in [0.4, 0.5) is 5.69 Å². The van der Waals surface area contributed by atoms with E-state index in [0.717, 1.165) is 0 Å². The van der Waals surface area contributed by atoms with Crippen molar-refractivity contribution in [2.24, 2.45) is 11.1 Å². The van der Waals surface area contributed by atoms with Crippen molar-refractivity contribution in [1.29, 1.82) is 0 Å². The van der Waals surface area contributed by atoms with E-state index >= 15 is 0 Å². The molecule has 0 radical (unpaired) electrons. The van der Waals surface area contributed by atoms with Gasteiger partial charge in [0, 0.05) is 6.54 Å². The van der Waals surface area contributed by atoms with Crippen LogP contribution in [0.3, 0.4) is 0 Å². The average molecular weight is 301 g/mol. The Kier molecular flexibility index (Phi) is 4.61. The fraction of sp³-hybridized carbons (Fsp3) is 0.417. The number of carbonyl (C=O) groups is 1. The molecule has 112 valence electrons. The lowest BCUT2D eigenvalue weighted by Gasteiger charge is -2.20. The Labute approximate surface area is 118 Å². The highest BCUT2D eigenvalue weighted by molar-refractivity contribution is 7.89. The topological polar surface area (TPSA) is 125 Å². The SMILES string of the molecule is COc1ccc(S(=O)(=O)NCC(C)(C)C(N)=O)cc1N. The van der Waals surface area contributed by atoms with Crippen molar-refractivity contribution in [2.45, 2.75) is 18.7 Å². The third kappa shape index (κ3) is 3.61. The molecule has 0 aliphatic heterocycles. The van der Waals surface area contributed by atoms with E-state index in [1.807, 2.05) is 0 Å². The van der Waals surface area contributed by atoms with E-state index in [-0.39, 0.29) is 17.1 Å². The number of hydrogen-bond acceptors (Lipinski definition) is 5. The number of nitrogens with one attached hydrogen (secondary N) is 1. The van der Waals surface area contributed by atoms with E-state index in [1.165, 1.54) is 25.3 Å². The van der Waals surface area contributed by atoms with Crippen molar-refractivity contribution in [3.63, 3.8) is 0 Å². The predicted octanol–water partition coefficient (Wildman–Crippen LogP) is 0.0672. The van der Waals surface area contributed by atoms with Gasteiger partial charge in [-0.1, -0.05) is 0 Å². The normalized spacial score (nSPS) is 12.2. The highest BCUT2D eigenvalue weighted by atomic mass is 32.2. The summed E-state index contributed by atoms with van der Waals surface area (Å²) < 4.78 is 31.5. The molecule has 0 heterocycles. The second kappa shape index (κ2) is 5.68. The third-order valence-corrected chi connectivity index (χ3v) is 4.28. The molecule has 5 N–H and O–H groups in total. The zero-order valence-electron chi connectivity index (χ0n) is 11.6. The second-order valence-corrected chi connectivity index (χ2v) is 6.74. The average Bonchev–Trinajstić information content (AvgIpc) is 2.36. The van der Waals surface area contributed by atoms with Crippen molar-refractivity contribution >= 4 is 21.6 Å². The summed E-state index contributed by atoms with van der Waals surface area (Å²) in [6.07, 6.45) is 0. The monoisotopic (exact) mass is 301 g/mol. The molecular weight excluding hydrogens is 282 g/mol. The molecule has 1 aromatic carbocycles. The van der Waals surface area contributed by atoms with Gasteiger partial charge in [0.25, 0.3) is 0 Å². The Morgan fingerprint density at radius 1 is 1.40 bits per heavy atom. The van der Waals surface area contributed by atoms with Crippen LogP contribution in [0.1, 0.15) is 13.8 Å². The number of nitrogen functional groups attached to an aromatic ring is 1. The van der Waals surface area contributed by atoms with Gasteiger partial charge in [-0.25, -0.2) is 13.1 Å². The van der Waals surface area contributed by atoms with Gasteiger partial charge in [-0.3, -0.25) is 4.79 Å². The van der Waals surface area contributed by atoms with E-state index in [9.17, 15) is 13.2 Å². The number of rotatable bonds is 6. The first-order valence-electron chi connectivity index (χ1n) is 5.83. The van der Waals surface area contributed by atoms with E-state index in [1.54, 1.807) is 13.8 Å². The van der Waals surface area contributed by atoms with Crippen LogP contribution in [-0.4, -0.2) is 28.0 Å². The molecule has 1 amide bonds. The van der Waals surface area contributed by atoms with Gasteiger partial charge in [0.15, 0.2) is 0 Å². The zero-order valence-corrected chi connectivity index (χ0v) is 12.5. The van der Waals surface area contributed by atoms with Crippen LogP contribution in [0.15, 0.2) is 23.1 Å². The quantitative estimate of drug-likeness (QED) is 0.641. The Hall–Kier alpha value is -1.80. The maximum absolute atomic E-state index is 12.1. The lowest BCUT2D eigenvalue weighted by Crippen LogP contribution is -2.42. The molecule has 0 saturated carbocycles. The van der Waals surface area contributed by atoms with Gasteiger partial charge in [0.1, 0.15) is 5.75 Å². The summed E-state index contributed by atoms with van der Waals surface area (Å²) in [7, 11) is -2.33. The molecule has 0 unspecified atom stereocenters. The zero-order chi connectivity index (χ0) is 15.6. The predicted molar refractivity (Wildman–Crippen MR) is 75.6 cm³/mol. The summed E-state index contributed by atoms with van der Waals surface area (Å²) in [4.78, 5) is 11.2. The Morgan fingerprint density at radius 3 is 2.45 bits per heavy atom. The van der Waals surface area contributed by atoms with Gasteiger partial charge >= 0.3 is 0 Å². The molecule has 0 atom stereocenters. The minimum Gasteiger partial charge on any atom is -0.495 e. The van der Waals surface area contributed by atoms with Crippen molar-refractivity contribution in [3.05, 3.63) is 18.2 Å². The molecule has 1 rings (SSSR count). The number of primary amides is 1. The molecule has 7 nitrogen and oxygen atoms in total. The van der Waals surface area contributed by atoms with Gasteiger partial charge in [-0.15, -0.1) is 0 Å². The first-order valence-corrected chi connectivity index (χ1v) is 7.31. The fourth-order valence-electron chi connectivity index (χ4n) is 1.33. The van der Waals surface area contributed by atoms with E-state index in [0.29, 0.717) is 5.75 Å². The molecule has 0 bridgehead atoms. The number of hydrogen-bond donors (Lipinski definition) is 3. The van der Waals surface area contributed by atoms with E-state index in [2.05, 4.69) is 4.72 Å². The van der Waals surface area contributed by atoms with Crippen molar-refractivity contribution in [1.82, 2.24) is 4.72 Å². The van der Waals surface area contributed by atoms with Gasteiger partial charge in [-0.2, -0.15) is 0 Å². The summed E-state index contributed by atoms with van der Waals surface area (Å²) in [5.41, 5.74) is 10.1. The molecule has 8 heteroatoms. The van der Waals surface area contributed by atoms with Crippen LogP contribution < -0.4 is 20.9 Å². The number of sulfonamides is 1. The minimum atomic E-state index is -3.77. The molecule has 1 aromatic rings. The Bertz CT molecular complexity index is 611. The number of anilines is 1. The van der Waals surface area contributed by atoms with E-state index in [4.69, 9.17) is 16.2 Å². The molecule has 0 saturated heterocycles. The summed E-state index contributed by atoms with van der Waals surface area (Å²) in [5, 5.41) is 0. The highest BCUT2D eigenvalue weighted by Crippen LogP contribution is 2.24. The molecule has 20 heavy (non-hydrogen) atoms. The number of ether oxygens (including phenoxy) is 1. The van der Waals surface area contributed by atoms with Gasteiger partial charge in [-0.05, 0) is 32.0 Å². The van der Waals surface area contributed by atoms with Gasteiger partial charge in [0.2, 0.25) is 15.9 Å². The second-order valence-electron chi connectivity index (χ2n) is 4.98. The molecule has 0 aromatic heterocycles. The molecule has 0 fully saturated rings. The minimum absolute atomic E-state index is 0.00364. The Balaban J connectivity index is 2.95. The first kappa shape index (κ1) is 16.3. The lowest BCUT2D eigenvalue weighted by atomic mass is 9.93. The summed E-state index contributed by atoms with van der Waals surface area (Å²) in [6, 6.07) is 4.12. The molecule has 0 aliphatic carbocycles. The van der Waals surface area contributed by atoms with Crippen molar-refractivity contribution in [2.75, 3.05) is 19.4 Å². The lowest BCUT2D eigenvalue weighted by molar-refractivity contribution is -0.125. The summed E-state index contributed by atoms with van der Waals surface area (Å²) in [6.45, 7) is 3.01. The van der Waals surface area contributed by atoms with Crippen LogP contribution in [-0.2, 0) is 14.8 Å². The fourth-order valence-corrected chi connectivity index (χ4v) is 2.57. The molecular formula is C12H19N3O4S. The van der Waals surface area contributed by atoms with Gasteiger partial charge in [0.05, 0.1) is 23.1 Å². The molecule has 0 aliphatic rings. The van der Waals surface area contributed by atoms with Crippen LogP contribution >= 0.6 is 0 Å². The van der Waals surface area contributed by atoms with Crippen molar-refractivity contribution in [3.8, 4) is 5.75 Å². The van der Waals surface area contributed by atoms with Crippen LogP contribution in [0.5, 0.6) is 5.75 Å². The smallest absolute Gasteiger partial charge is 0.240 e. The number of amides is 1. The van der Waals surface area contributed by atoms with Crippen LogP contribution in [0.2, 0.25) is 0 Å². The summed E-state index contributed by atoms with van der Waals surface area (Å²) in [5.74, 6) is -0.198.